The van der Waals surface area contributed by atoms with Crippen molar-refractivity contribution in [3.63, 3.8) is 0 Å². The lowest BCUT2D eigenvalue weighted by molar-refractivity contribution is -0.00512. The minimum atomic E-state index is 0.258. The summed E-state index contributed by atoms with van der Waals surface area (Å²) < 4.78 is 0. The van der Waals surface area contributed by atoms with Gasteiger partial charge in [-0.2, -0.15) is 0 Å². The Morgan fingerprint density at radius 3 is 2.27 bits per heavy atom. The average molecular weight is 455 g/mol. The van der Waals surface area contributed by atoms with Gasteiger partial charge < -0.3 is 4.98 Å². The van der Waals surface area contributed by atoms with E-state index in [0.29, 0.717) is 5.41 Å². The Hall–Kier alpha value is -1.98. The highest BCUT2D eigenvalue weighted by atomic mass is 35.5. The monoisotopic (exact) mass is 454 g/mol. The maximum Gasteiger partial charge on any atom is 0.193 e. The highest BCUT2D eigenvalue weighted by Crippen LogP contribution is 2.62. The van der Waals surface area contributed by atoms with Gasteiger partial charge in [-0.15, -0.1) is 0 Å². The fourth-order valence-corrected chi connectivity index (χ4v) is 10.2. The normalized spacial score (nSPS) is 33.4. The summed E-state index contributed by atoms with van der Waals surface area (Å²) in [5.74, 6) is 2.80. The first-order chi connectivity index (χ1) is 16.1. The SMILES string of the molecule is [C-]#[N+]c1cc2[nH]c3c(Cl)cc(C45CC6CC(CC(C6)C4)C5)cc3c2c2c1C1(CCCC1)CC2. The fourth-order valence-electron chi connectivity index (χ4n) is 9.94. The molecule has 1 spiro atoms. The number of fused-ring (bicyclic) bond motifs is 6. The number of aromatic amines is 1. The molecule has 0 amide bonds. The van der Waals surface area contributed by atoms with E-state index in [9.17, 15) is 0 Å². The van der Waals surface area contributed by atoms with Crippen molar-refractivity contribution in [1.29, 1.82) is 0 Å². The second-order valence-corrected chi connectivity index (χ2v) is 12.9. The van der Waals surface area contributed by atoms with Crippen LogP contribution in [0.5, 0.6) is 0 Å². The predicted molar refractivity (Wildman–Crippen MR) is 135 cm³/mol. The number of hydrogen-bond donors (Lipinski definition) is 1. The topological polar surface area (TPSA) is 20.1 Å². The second-order valence-electron chi connectivity index (χ2n) is 12.5. The molecule has 0 aliphatic heterocycles. The van der Waals surface area contributed by atoms with Crippen molar-refractivity contribution in [2.24, 2.45) is 17.8 Å². The molecule has 168 valence electrons. The number of rotatable bonds is 1. The predicted octanol–water partition coefficient (Wildman–Crippen LogP) is 8.75. The quantitative estimate of drug-likeness (QED) is 0.354. The number of H-pyrrole nitrogens is 1. The summed E-state index contributed by atoms with van der Waals surface area (Å²) >= 11 is 7.03. The second kappa shape index (κ2) is 6.37. The summed E-state index contributed by atoms with van der Waals surface area (Å²) in [6.45, 7) is 7.96. The molecule has 0 radical (unpaired) electrons. The van der Waals surface area contributed by atoms with Crippen LogP contribution < -0.4 is 0 Å². The molecule has 9 rings (SSSR count). The van der Waals surface area contributed by atoms with Crippen molar-refractivity contribution in [3.8, 4) is 0 Å². The summed E-state index contributed by atoms with van der Waals surface area (Å²) in [7, 11) is 0. The average Bonchev–Trinajstić information content (AvgIpc) is 3.50. The smallest absolute Gasteiger partial charge is 0.193 e. The molecule has 0 atom stereocenters. The highest BCUT2D eigenvalue weighted by molar-refractivity contribution is 6.36. The molecular formula is C30H31ClN2. The first-order valence-corrected chi connectivity index (χ1v) is 13.6. The largest absolute Gasteiger partial charge is 0.354 e. The van der Waals surface area contributed by atoms with Crippen LogP contribution in [0.15, 0.2) is 18.2 Å². The summed E-state index contributed by atoms with van der Waals surface area (Å²) in [5.41, 5.74) is 8.07. The van der Waals surface area contributed by atoms with Gasteiger partial charge in [-0.3, -0.25) is 0 Å². The molecular weight excluding hydrogens is 424 g/mol. The van der Waals surface area contributed by atoms with Gasteiger partial charge in [-0.05, 0) is 128 Å². The molecule has 0 saturated heterocycles. The zero-order chi connectivity index (χ0) is 21.9. The maximum absolute atomic E-state index is 7.96. The van der Waals surface area contributed by atoms with Gasteiger partial charge >= 0.3 is 0 Å². The van der Waals surface area contributed by atoms with Crippen LogP contribution in [0.2, 0.25) is 5.02 Å². The van der Waals surface area contributed by atoms with E-state index in [1.807, 2.05) is 0 Å². The third-order valence-corrected chi connectivity index (χ3v) is 11.0. The highest BCUT2D eigenvalue weighted by Gasteiger charge is 2.52. The molecule has 1 heterocycles. The Morgan fingerprint density at radius 1 is 0.909 bits per heavy atom. The van der Waals surface area contributed by atoms with Gasteiger partial charge in [0, 0.05) is 16.3 Å². The number of halogens is 1. The molecule has 3 aromatic rings. The third-order valence-electron chi connectivity index (χ3n) is 10.7. The Kier molecular flexibility index (Phi) is 3.73. The van der Waals surface area contributed by atoms with E-state index in [0.717, 1.165) is 45.9 Å². The molecule has 1 N–H and O–H groups in total. The Bertz CT molecular complexity index is 1340. The van der Waals surface area contributed by atoms with Crippen LogP contribution in [-0.2, 0) is 17.3 Å². The molecule has 6 aliphatic carbocycles. The number of nitrogens with zero attached hydrogens (tertiary/aromatic N) is 1. The van der Waals surface area contributed by atoms with Crippen molar-refractivity contribution >= 4 is 39.1 Å². The molecule has 3 heteroatoms. The number of aromatic nitrogens is 1. The lowest BCUT2D eigenvalue weighted by Crippen LogP contribution is -2.48. The molecule has 2 nitrogen and oxygen atoms in total. The standard InChI is InChI=1S/C30H31ClN2/c1-32-25-13-24-26(21-4-7-29(27(21)25)5-2-3-6-29)22-11-20(12-23(31)28(22)33-24)30-14-17-8-18(15-30)10-19(9-17)16-30/h11-13,17-19,33H,2-10,14-16H2. The lowest BCUT2D eigenvalue weighted by Gasteiger charge is -2.57. The number of aryl methyl sites for hydroxylation is 1. The molecule has 5 saturated carbocycles. The van der Waals surface area contributed by atoms with Crippen molar-refractivity contribution in [1.82, 2.24) is 4.98 Å². The van der Waals surface area contributed by atoms with E-state index >= 15 is 0 Å². The molecule has 33 heavy (non-hydrogen) atoms. The molecule has 1 aromatic heterocycles. The van der Waals surface area contributed by atoms with Crippen LogP contribution in [-0.4, -0.2) is 4.98 Å². The van der Waals surface area contributed by atoms with Gasteiger partial charge in [0.2, 0.25) is 0 Å². The summed E-state index contributed by atoms with van der Waals surface area (Å²) in [6, 6.07) is 6.98. The zero-order valence-corrected chi connectivity index (χ0v) is 20.0. The molecule has 2 aromatic carbocycles. The minimum Gasteiger partial charge on any atom is -0.354 e. The van der Waals surface area contributed by atoms with Crippen LogP contribution in [0.3, 0.4) is 0 Å². The van der Waals surface area contributed by atoms with Gasteiger partial charge in [-0.1, -0.05) is 24.4 Å². The lowest BCUT2D eigenvalue weighted by atomic mass is 9.48. The van der Waals surface area contributed by atoms with E-state index in [1.54, 1.807) is 0 Å². The number of nitrogens with one attached hydrogen (secondary N) is 1. The van der Waals surface area contributed by atoms with Gasteiger partial charge in [0.05, 0.1) is 17.1 Å². The zero-order valence-electron chi connectivity index (χ0n) is 19.3. The van der Waals surface area contributed by atoms with Crippen LogP contribution >= 0.6 is 11.6 Å². The van der Waals surface area contributed by atoms with Crippen LogP contribution in [0.1, 0.15) is 87.3 Å². The van der Waals surface area contributed by atoms with E-state index in [2.05, 4.69) is 28.0 Å². The Balaban J connectivity index is 1.38. The van der Waals surface area contributed by atoms with E-state index in [4.69, 9.17) is 18.2 Å². The van der Waals surface area contributed by atoms with Crippen molar-refractivity contribution < 1.29 is 0 Å². The van der Waals surface area contributed by atoms with Crippen molar-refractivity contribution in [3.05, 3.63) is 51.3 Å². The van der Waals surface area contributed by atoms with Crippen LogP contribution in [0.25, 0.3) is 26.7 Å². The fraction of sp³-hybridized carbons (Fsp3) is 0.567. The van der Waals surface area contributed by atoms with Gasteiger partial charge in [-0.25, -0.2) is 4.85 Å². The van der Waals surface area contributed by atoms with Crippen molar-refractivity contribution in [2.75, 3.05) is 0 Å². The van der Waals surface area contributed by atoms with Gasteiger partial charge in [0.1, 0.15) is 0 Å². The van der Waals surface area contributed by atoms with E-state index in [1.165, 1.54) is 98.1 Å². The Morgan fingerprint density at radius 2 is 1.61 bits per heavy atom. The maximum atomic E-state index is 7.96. The molecule has 4 bridgehead atoms. The molecule has 0 unspecified atom stereocenters. The van der Waals surface area contributed by atoms with Crippen LogP contribution in [0, 0.1) is 24.3 Å². The molecule has 5 fully saturated rings. The number of benzene rings is 2. The first-order valence-electron chi connectivity index (χ1n) is 13.3. The Labute approximate surface area is 200 Å². The van der Waals surface area contributed by atoms with E-state index in [-0.39, 0.29) is 5.41 Å². The minimum absolute atomic E-state index is 0.258. The summed E-state index contributed by atoms with van der Waals surface area (Å²) in [4.78, 5) is 7.70. The molecule has 6 aliphatic rings. The van der Waals surface area contributed by atoms with Crippen LogP contribution in [0.4, 0.5) is 5.69 Å². The van der Waals surface area contributed by atoms with Gasteiger partial charge in [0.15, 0.2) is 5.69 Å². The van der Waals surface area contributed by atoms with Crippen molar-refractivity contribution in [2.45, 2.75) is 87.9 Å². The number of hydrogen-bond acceptors (Lipinski definition) is 0. The summed E-state index contributed by atoms with van der Waals surface area (Å²) in [5, 5.41) is 3.58. The first kappa shape index (κ1) is 19.3. The summed E-state index contributed by atoms with van der Waals surface area (Å²) in [6.07, 6.45) is 16.0. The third kappa shape index (κ3) is 2.45. The van der Waals surface area contributed by atoms with Gasteiger partial charge in [0.25, 0.3) is 0 Å². The van der Waals surface area contributed by atoms with E-state index < -0.39 is 0 Å².